The molecule has 94 valence electrons. The van der Waals surface area contributed by atoms with Crippen molar-refractivity contribution in [3.05, 3.63) is 34.3 Å². The van der Waals surface area contributed by atoms with E-state index in [1.54, 1.807) is 19.3 Å². The Morgan fingerprint density at radius 1 is 1.39 bits per heavy atom. The molecular weight excluding hydrogens is 240 g/mol. The van der Waals surface area contributed by atoms with Gasteiger partial charge in [0.05, 0.1) is 4.92 Å². The third kappa shape index (κ3) is 2.19. The molecule has 0 aliphatic heterocycles. The molecule has 0 unspecified atom stereocenters. The number of hydrogen-bond donors (Lipinski definition) is 1. The van der Waals surface area contributed by atoms with Crippen molar-refractivity contribution in [1.82, 2.24) is 19.6 Å². The predicted molar refractivity (Wildman–Crippen MR) is 61.0 cm³/mol. The third-order valence-electron chi connectivity index (χ3n) is 2.18. The molecule has 0 atom stereocenters. The van der Waals surface area contributed by atoms with Gasteiger partial charge in [0.25, 0.3) is 5.91 Å². The molecule has 0 spiro atoms. The van der Waals surface area contributed by atoms with Crippen molar-refractivity contribution in [1.29, 1.82) is 0 Å². The number of hydrogen-bond acceptors (Lipinski definition) is 5. The number of nitrogens with zero attached hydrogens (tertiary/aromatic N) is 5. The summed E-state index contributed by atoms with van der Waals surface area (Å²) in [7, 11) is 3.20. The molecule has 2 rings (SSSR count). The van der Waals surface area contributed by atoms with Crippen LogP contribution in [-0.4, -0.2) is 30.4 Å². The Bertz CT molecular complexity index is 614. The van der Waals surface area contributed by atoms with E-state index in [1.807, 2.05) is 0 Å². The second-order valence-corrected chi connectivity index (χ2v) is 3.62. The Morgan fingerprint density at radius 2 is 2.11 bits per heavy atom. The summed E-state index contributed by atoms with van der Waals surface area (Å²) >= 11 is 0. The standard InChI is InChI=1S/C9H10N6O3/c1-13-4-3-7(11-13)10-9(16)8-6(15(17)18)5-14(2)12-8/h3-5H,1-2H3,(H,10,11,16). The Morgan fingerprint density at radius 3 is 2.67 bits per heavy atom. The molecule has 18 heavy (non-hydrogen) atoms. The molecule has 0 aliphatic carbocycles. The van der Waals surface area contributed by atoms with E-state index in [0.29, 0.717) is 5.82 Å². The van der Waals surface area contributed by atoms with Crippen LogP contribution in [0, 0.1) is 10.1 Å². The first-order valence-electron chi connectivity index (χ1n) is 4.96. The molecule has 0 saturated carbocycles. The Hall–Kier alpha value is -2.71. The molecule has 2 heterocycles. The number of aryl methyl sites for hydroxylation is 2. The van der Waals surface area contributed by atoms with Crippen LogP contribution in [0.1, 0.15) is 10.5 Å². The minimum absolute atomic E-state index is 0.242. The normalized spacial score (nSPS) is 10.3. The Labute approximate surface area is 101 Å². The SMILES string of the molecule is Cn1ccc(NC(=O)c2nn(C)cc2[N+](=O)[O-])n1. The van der Waals surface area contributed by atoms with Crippen molar-refractivity contribution in [3.8, 4) is 0 Å². The van der Waals surface area contributed by atoms with Crippen molar-refractivity contribution in [2.45, 2.75) is 0 Å². The summed E-state index contributed by atoms with van der Waals surface area (Å²) in [5.74, 6) is -0.358. The molecule has 0 aliphatic rings. The van der Waals surface area contributed by atoms with Gasteiger partial charge in [-0.15, -0.1) is 0 Å². The van der Waals surface area contributed by atoms with Crippen molar-refractivity contribution in [2.75, 3.05) is 5.32 Å². The topological polar surface area (TPSA) is 108 Å². The summed E-state index contributed by atoms with van der Waals surface area (Å²) in [5, 5.41) is 20.9. The molecule has 1 amide bonds. The van der Waals surface area contributed by atoms with Gasteiger partial charge in [0.15, 0.2) is 5.82 Å². The van der Waals surface area contributed by atoms with Crippen molar-refractivity contribution in [3.63, 3.8) is 0 Å². The molecule has 2 aromatic rings. The molecule has 0 aromatic carbocycles. The van der Waals surface area contributed by atoms with E-state index in [-0.39, 0.29) is 11.4 Å². The van der Waals surface area contributed by atoms with Gasteiger partial charge in [-0.25, -0.2) is 0 Å². The summed E-state index contributed by atoms with van der Waals surface area (Å²) in [6.45, 7) is 0. The minimum atomic E-state index is -0.666. The number of nitro groups is 1. The summed E-state index contributed by atoms with van der Waals surface area (Å²) in [5.41, 5.74) is -0.584. The van der Waals surface area contributed by atoms with Gasteiger partial charge in [0.1, 0.15) is 6.20 Å². The predicted octanol–water partition coefficient (Wildman–Crippen LogP) is 0.314. The lowest BCUT2D eigenvalue weighted by Gasteiger charge is -1.97. The second kappa shape index (κ2) is 4.28. The highest BCUT2D eigenvalue weighted by atomic mass is 16.6. The van der Waals surface area contributed by atoms with E-state index in [2.05, 4.69) is 15.5 Å². The van der Waals surface area contributed by atoms with Crippen molar-refractivity contribution >= 4 is 17.4 Å². The van der Waals surface area contributed by atoms with Crippen LogP contribution in [-0.2, 0) is 14.1 Å². The number of rotatable bonds is 3. The minimum Gasteiger partial charge on any atom is -0.303 e. The molecule has 0 bridgehead atoms. The quantitative estimate of drug-likeness (QED) is 0.623. The van der Waals surface area contributed by atoms with E-state index in [0.717, 1.165) is 0 Å². The lowest BCUT2D eigenvalue weighted by molar-refractivity contribution is -0.385. The van der Waals surface area contributed by atoms with Crippen LogP contribution in [0.2, 0.25) is 0 Å². The molecule has 9 heteroatoms. The van der Waals surface area contributed by atoms with Gasteiger partial charge in [-0.05, 0) is 0 Å². The molecule has 0 radical (unpaired) electrons. The summed E-state index contributed by atoms with van der Waals surface area (Å²) < 4.78 is 2.72. The fraction of sp³-hybridized carbons (Fsp3) is 0.222. The van der Waals surface area contributed by atoms with Crippen LogP contribution in [0.5, 0.6) is 0 Å². The zero-order valence-electron chi connectivity index (χ0n) is 9.69. The molecule has 2 aromatic heterocycles. The van der Waals surface area contributed by atoms with Crippen molar-refractivity contribution < 1.29 is 9.72 Å². The fourth-order valence-electron chi connectivity index (χ4n) is 1.43. The lowest BCUT2D eigenvalue weighted by Crippen LogP contribution is -2.15. The van der Waals surface area contributed by atoms with Gasteiger partial charge < -0.3 is 5.32 Å². The summed E-state index contributed by atoms with van der Waals surface area (Å²) in [6, 6.07) is 1.58. The van der Waals surface area contributed by atoms with Crippen LogP contribution in [0.25, 0.3) is 0 Å². The van der Waals surface area contributed by atoms with Crippen LogP contribution in [0.3, 0.4) is 0 Å². The molecule has 1 N–H and O–H groups in total. The van der Waals surface area contributed by atoms with Gasteiger partial charge in [-0.3, -0.25) is 24.3 Å². The van der Waals surface area contributed by atoms with Gasteiger partial charge in [-0.2, -0.15) is 10.2 Å². The first-order valence-corrected chi connectivity index (χ1v) is 4.96. The lowest BCUT2D eigenvalue weighted by atomic mass is 10.3. The zero-order valence-corrected chi connectivity index (χ0v) is 9.69. The van der Waals surface area contributed by atoms with E-state index < -0.39 is 10.8 Å². The number of carbonyl (C=O) groups excluding carboxylic acids is 1. The van der Waals surface area contributed by atoms with Gasteiger partial charge in [-0.1, -0.05) is 0 Å². The summed E-state index contributed by atoms with van der Waals surface area (Å²) in [4.78, 5) is 21.9. The van der Waals surface area contributed by atoms with Crippen molar-refractivity contribution in [2.24, 2.45) is 14.1 Å². The Kier molecular flexibility index (Phi) is 2.80. The first kappa shape index (κ1) is 11.8. The van der Waals surface area contributed by atoms with Gasteiger partial charge >= 0.3 is 5.69 Å². The molecular formula is C9H10N6O3. The van der Waals surface area contributed by atoms with E-state index in [4.69, 9.17) is 0 Å². The number of amides is 1. The van der Waals surface area contributed by atoms with Crippen LogP contribution in [0.15, 0.2) is 18.5 Å². The zero-order chi connectivity index (χ0) is 13.3. The van der Waals surface area contributed by atoms with E-state index in [9.17, 15) is 14.9 Å². The largest absolute Gasteiger partial charge is 0.320 e. The number of anilines is 1. The number of nitrogens with one attached hydrogen (secondary N) is 1. The molecule has 9 nitrogen and oxygen atoms in total. The van der Waals surface area contributed by atoms with E-state index >= 15 is 0 Å². The van der Waals surface area contributed by atoms with Crippen LogP contribution in [0.4, 0.5) is 11.5 Å². The fourth-order valence-corrected chi connectivity index (χ4v) is 1.43. The number of aromatic nitrogens is 4. The maximum atomic E-state index is 11.8. The highest BCUT2D eigenvalue weighted by Gasteiger charge is 2.25. The third-order valence-corrected chi connectivity index (χ3v) is 2.18. The number of carbonyl (C=O) groups is 1. The van der Waals surface area contributed by atoms with Crippen LogP contribution < -0.4 is 5.32 Å². The maximum Gasteiger partial charge on any atom is 0.320 e. The average Bonchev–Trinajstić information content (AvgIpc) is 2.85. The highest BCUT2D eigenvalue weighted by molar-refractivity contribution is 6.04. The van der Waals surface area contributed by atoms with Crippen LogP contribution >= 0.6 is 0 Å². The average molecular weight is 250 g/mol. The second-order valence-electron chi connectivity index (χ2n) is 3.62. The summed E-state index contributed by atoms with van der Waals surface area (Å²) in [6.07, 6.45) is 2.82. The highest BCUT2D eigenvalue weighted by Crippen LogP contribution is 2.17. The monoisotopic (exact) mass is 250 g/mol. The van der Waals surface area contributed by atoms with E-state index in [1.165, 1.54) is 22.6 Å². The Balaban J connectivity index is 2.26. The van der Waals surface area contributed by atoms with Gasteiger partial charge in [0, 0.05) is 26.4 Å². The smallest absolute Gasteiger partial charge is 0.303 e. The molecule has 0 fully saturated rings. The molecule has 0 saturated heterocycles. The first-order chi connectivity index (χ1) is 8.47. The maximum absolute atomic E-state index is 11.8. The van der Waals surface area contributed by atoms with Gasteiger partial charge in [0.2, 0.25) is 5.69 Å².